The molecule has 160 valence electrons. The number of hydrogen-bond donors (Lipinski definition) is 2. The van der Waals surface area contributed by atoms with Gasteiger partial charge in [-0.25, -0.2) is 14.1 Å². The van der Waals surface area contributed by atoms with Crippen LogP contribution in [0.2, 0.25) is 0 Å². The number of carbonyl (C=O) groups excluding carboxylic acids is 3. The predicted molar refractivity (Wildman–Crippen MR) is 116 cm³/mol. The third-order valence-corrected chi connectivity index (χ3v) is 4.56. The summed E-state index contributed by atoms with van der Waals surface area (Å²) >= 11 is 0. The van der Waals surface area contributed by atoms with E-state index in [2.05, 4.69) is 10.6 Å². The highest BCUT2D eigenvalue weighted by Gasteiger charge is 2.35. The van der Waals surface area contributed by atoms with Gasteiger partial charge in [0.15, 0.2) is 0 Å². The van der Waals surface area contributed by atoms with E-state index in [-0.39, 0.29) is 11.4 Å². The summed E-state index contributed by atoms with van der Waals surface area (Å²) in [4.78, 5) is 37.8. The smallest absolute Gasteiger partial charge is 0.329 e. The van der Waals surface area contributed by atoms with Crippen molar-refractivity contribution in [2.45, 2.75) is 0 Å². The molecule has 8 heteroatoms. The van der Waals surface area contributed by atoms with Crippen molar-refractivity contribution in [1.29, 1.82) is 0 Å². The topological polar surface area (TPSA) is 87.7 Å². The van der Waals surface area contributed by atoms with Crippen molar-refractivity contribution in [3.05, 3.63) is 95.9 Å². The van der Waals surface area contributed by atoms with Gasteiger partial charge in [-0.05, 0) is 48.0 Å². The van der Waals surface area contributed by atoms with Crippen molar-refractivity contribution in [3.63, 3.8) is 0 Å². The number of benzene rings is 3. The maximum Gasteiger partial charge on any atom is 0.329 e. The molecule has 4 rings (SSSR count). The number of rotatable bonds is 6. The molecule has 1 heterocycles. The van der Waals surface area contributed by atoms with Crippen LogP contribution in [0.1, 0.15) is 5.56 Å². The van der Waals surface area contributed by atoms with Crippen LogP contribution in [0.15, 0.2) is 84.6 Å². The predicted octanol–water partition coefficient (Wildman–Crippen LogP) is 4.15. The Morgan fingerprint density at radius 3 is 2.47 bits per heavy atom. The van der Waals surface area contributed by atoms with Crippen LogP contribution in [0.25, 0.3) is 6.08 Å². The number of nitrogens with zero attached hydrogens (tertiary/aromatic N) is 1. The number of urea groups is 1. The normalized spacial score (nSPS) is 14.4. The molecule has 4 amide bonds. The molecule has 1 saturated heterocycles. The lowest BCUT2D eigenvalue weighted by atomic mass is 10.2. The van der Waals surface area contributed by atoms with Gasteiger partial charge in [-0.1, -0.05) is 42.5 Å². The Morgan fingerprint density at radius 1 is 0.969 bits per heavy atom. The first-order valence-electron chi connectivity index (χ1n) is 9.71. The van der Waals surface area contributed by atoms with Crippen LogP contribution < -0.4 is 15.4 Å². The van der Waals surface area contributed by atoms with Crippen LogP contribution in [-0.4, -0.2) is 29.3 Å². The number of carbonyl (C=O) groups is 3. The summed E-state index contributed by atoms with van der Waals surface area (Å²) in [5.74, 6) is -0.750. The Bertz CT molecular complexity index is 1210. The van der Waals surface area contributed by atoms with E-state index in [4.69, 9.17) is 4.74 Å². The molecule has 3 aromatic rings. The standard InChI is InChI=1S/C24H18FN3O4/c25-19-11-4-5-12-20(19)26-22(29)15-28-23(30)21(27-24(28)31)14-16-7-6-10-18(13-16)32-17-8-2-1-3-9-17/h1-14H,15H2,(H,26,29)(H,27,31)/b21-14+. The number of amides is 4. The van der Waals surface area contributed by atoms with E-state index in [0.717, 1.165) is 4.90 Å². The molecule has 0 aliphatic carbocycles. The fourth-order valence-electron chi connectivity index (χ4n) is 3.07. The molecule has 0 radical (unpaired) electrons. The van der Waals surface area contributed by atoms with E-state index in [9.17, 15) is 18.8 Å². The molecule has 0 saturated carbocycles. The van der Waals surface area contributed by atoms with Gasteiger partial charge in [0.05, 0.1) is 5.69 Å². The molecular formula is C24H18FN3O4. The van der Waals surface area contributed by atoms with Crippen molar-refractivity contribution < 1.29 is 23.5 Å². The fourth-order valence-corrected chi connectivity index (χ4v) is 3.07. The van der Waals surface area contributed by atoms with Crippen molar-refractivity contribution in [1.82, 2.24) is 10.2 Å². The zero-order valence-corrected chi connectivity index (χ0v) is 16.7. The molecule has 0 spiro atoms. The zero-order chi connectivity index (χ0) is 22.5. The van der Waals surface area contributed by atoms with E-state index in [0.29, 0.717) is 17.1 Å². The largest absolute Gasteiger partial charge is 0.457 e. The molecule has 1 aliphatic heterocycles. The number of ether oxygens (including phenoxy) is 1. The van der Waals surface area contributed by atoms with Gasteiger partial charge in [-0.15, -0.1) is 0 Å². The zero-order valence-electron chi connectivity index (χ0n) is 16.7. The van der Waals surface area contributed by atoms with Crippen LogP contribution in [0.5, 0.6) is 11.5 Å². The van der Waals surface area contributed by atoms with Crippen molar-refractivity contribution >= 4 is 29.6 Å². The quantitative estimate of drug-likeness (QED) is 0.453. The lowest BCUT2D eigenvalue weighted by Crippen LogP contribution is -2.38. The summed E-state index contributed by atoms with van der Waals surface area (Å²) in [6, 6.07) is 21.1. The monoisotopic (exact) mass is 431 g/mol. The van der Waals surface area contributed by atoms with Gasteiger partial charge < -0.3 is 15.4 Å². The molecule has 1 aliphatic rings. The number of halogens is 1. The minimum atomic E-state index is -0.735. The Labute approximate surface area is 183 Å². The van der Waals surface area contributed by atoms with Gasteiger partial charge in [0.25, 0.3) is 5.91 Å². The second kappa shape index (κ2) is 9.13. The van der Waals surface area contributed by atoms with Gasteiger partial charge in [0.1, 0.15) is 29.6 Å². The summed E-state index contributed by atoms with van der Waals surface area (Å²) in [6.07, 6.45) is 1.49. The summed E-state index contributed by atoms with van der Waals surface area (Å²) in [6.45, 7) is -0.548. The van der Waals surface area contributed by atoms with Crippen LogP contribution in [0.4, 0.5) is 14.9 Å². The lowest BCUT2D eigenvalue weighted by Gasteiger charge is -2.12. The number of nitrogens with one attached hydrogen (secondary N) is 2. The second-order valence-electron chi connectivity index (χ2n) is 6.90. The van der Waals surface area contributed by atoms with E-state index >= 15 is 0 Å². The van der Waals surface area contributed by atoms with Crippen molar-refractivity contribution in [3.8, 4) is 11.5 Å². The van der Waals surface area contributed by atoms with Crippen LogP contribution in [0.3, 0.4) is 0 Å². The van der Waals surface area contributed by atoms with Gasteiger partial charge in [-0.2, -0.15) is 0 Å². The molecule has 0 atom stereocenters. The number of para-hydroxylation sites is 2. The average Bonchev–Trinajstić information content (AvgIpc) is 3.03. The number of anilines is 1. The minimum Gasteiger partial charge on any atom is -0.457 e. The summed E-state index contributed by atoms with van der Waals surface area (Å²) in [7, 11) is 0. The van der Waals surface area contributed by atoms with Gasteiger partial charge in [-0.3, -0.25) is 9.59 Å². The molecule has 3 aromatic carbocycles. The maximum atomic E-state index is 13.7. The first-order chi connectivity index (χ1) is 15.5. The van der Waals surface area contributed by atoms with Gasteiger partial charge in [0.2, 0.25) is 5.91 Å². The Morgan fingerprint density at radius 2 is 1.69 bits per heavy atom. The third kappa shape index (κ3) is 4.81. The molecule has 0 unspecified atom stereocenters. The van der Waals surface area contributed by atoms with Crippen LogP contribution >= 0.6 is 0 Å². The Balaban J connectivity index is 1.45. The summed E-state index contributed by atoms with van der Waals surface area (Å²) in [5.41, 5.74) is 0.612. The average molecular weight is 431 g/mol. The highest BCUT2D eigenvalue weighted by molar-refractivity contribution is 6.15. The number of imide groups is 1. The van der Waals surface area contributed by atoms with Crippen LogP contribution in [-0.2, 0) is 9.59 Å². The Kier molecular flexibility index (Phi) is 5.94. The molecule has 0 aromatic heterocycles. The highest BCUT2D eigenvalue weighted by Crippen LogP contribution is 2.23. The molecule has 2 N–H and O–H groups in total. The molecule has 32 heavy (non-hydrogen) atoms. The first-order valence-corrected chi connectivity index (χ1v) is 9.71. The van der Waals surface area contributed by atoms with E-state index < -0.39 is 30.2 Å². The number of hydrogen-bond acceptors (Lipinski definition) is 4. The van der Waals surface area contributed by atoms with Crippen molar-refractivity contribution in [2.24, 2.45) is 0 Å². The SMILES string of the molecule is O=C(CN1C(=O)N/C(=C/c2cccc(Oc3ccccc3)c2)C1=O)Nc1ccccc1F. The summed E-state index contributed by atoms with van der Waals surface area (Å²) < 4.78 is 19.5. The molecule has 0 bridgehead atoms. The molecule has 1 fully saturated rings. The van der Waals surface area contributed by atoms with E-state index in [1.165, 1.54) is 24.3 Å². The lowest BCUT2D eigenvalue weighted by molar-refractivity contribution is -0.127. The van der Waals surface area contributed by atoms with Gasteiger partial charge in [0, 0.05) is 0 Å². The van der Waals surface area contributed by atoms with Crippen molar-refractivity contribution in [2.75, 3.05) is 11.9 Å². The van der Waals surface area contributed by atoms with E-state index in [1.54, 1.807) is 30.3 Å². The van der Waals surface area contributed by atoms with Crippen LogP contribution in [0, 0.1) is 5.82 Å². The fraction of sp³-hybridized carbons (Fsp3) is 0.0417. The third-order valence-electron chi connectivity index (χ3n) is 4.56. The first kappa shape index (κ1) is 20.8. The Hall–Kier alpha value is -4.46. The van der Waals surface area contributed by atoms with E-state index in [1.807, 2.05) is 30.3 Å². The maximum absolute atomic E-state index is 13.7. The highest BCUT2D eigenvalue weighted by atomic mass is 19.1. The second-order valence-corrected chi connectivity index (χ2v) is 6.90. The van der Waals surface area contributed by atoms with Gasteiger partial charge >= 0.3 is 6.03 Å². The molecular weight excluding hydrogens is 413 g/mol. The molecule has 7 nitrogen and oxygen atoms in total. The summed E-state index contributed by atoms with van der Waals surface area (Å²) in [5, 5.41) is 4.81. The minimum absolute atomic E-state index is 0.0190.